The molecule has 0 atom stereocenters. The molecule has 0 radical (unpaired) electrons. The molecule has 0 saturated heterocycles. The van der Waals surface area contributed by atoms with E-state index in [9.17, 15) is 0 Å². The minimum Gasteiger partial charge on any atom is -0.310 e. The molecule has 0 saturated carbocycles. The molecule has 0 heterocycles. The molecule has 0 bridgehead atoms. The van der Waals surface area contributed by atoms with Crippen molar-refractivity contribution in [2.75, 3.05) is 4.90 Å². The van der Waals surface area contributed by atoms with Crippen molar-refractivity contribution in [1.82, 2.24) is 0 Å². The van der Waals surface area contributed by atoms with Crippen LogP contribution in [0.4, 0.5) is 17.1 Å². The maximum atomic E-state index is 2.51. The quantitative estimate of drug-likeness (QED) is 0.169. The second-order valence-corrected chi connectivity index (χ2v) is 15.1. The lowest BCUT2D eigenvalue weighted by molar-refractivity contribution is 1.28. The van der Waals surface area contributed by atoms with Crippen LogP contribution in [0.5, 0.6) is 0 Å². The number of fused-ring (bicyclic) bond motifs is 11. The Hall–Kier alpha value is -6.70. The van der Waals surface area contributed by atoms with Gasteiger partial charge in [-0.2, -0.15) is 0 Å². The molecule has 246 valence electrons. The highest BCUT2D eigenvalue weighted by molar-refractivity contribution is 6.42. The minimum absolute atomic E-state index is 1.15. The van der Waals surface area contributed by atoms with Gasteiger partial charge >= 0.3 is 0 Å². The summed E-state index contributed by atoms with van der Waals surface area (Å²) in [6, 6.07) is 62.0. The third kappa shape index (κ3) is 4.02. The van der Waals surface area contributed by atoms with Crippen molar-refractivity contribution >= 4 is 114 Å². The molecule has 1 heteroatoms. The predicted molar refractivity (Wildman–Crippen MR) is 231 cm³/mol. The molecule has 0 aliphatic carbocycles. The van der Waals surface area contributed by atoms with Crippen LogP contribution in [-0.4, -0.2) is 0 Å². The second kappa shape index (κ2) is 10.4. The van der Waals surface area contributed by atoms with E-state index >= 15 is 0 Å². The summed E-state index contributed by atoms with van der Waals surface area (Å²) in [6.07, 6.45) is 0. The van der Waals surface area contributed by atoms with Crippen LogP contribution in [0.2, 0.25) is 0 Å². The lowest BCUT2D eigenvalue weighted by atomic mass is 9.92. The van der Waals surface area contributed by atoms with Crippen LogP contribution in [0.15, 0.2) is 164 Å². The molecule has 0 unspecified atom stereocenters. The van der Waals surface area contributed by atoms with Crippen LogP contribution in [0, 0.1) is 13.8 Å². The molecule has 12 aromatic carbocycles. The van der Waals surface area contributed by atoms with Crippen LogP contribution in [0.1, 0.15) is 11.1 Å². The summed E-state index contributed by atoms with van der Waals surface area (Å²) >= 11 is 0. The van der Waals surface area contributed by atoms with Gasteiger partial charge in [0.25, 0.3) is 0 Å². The fourth-order valence-electron chi connectivity index (χ4n) is 9.43. The number of rotatable bonds is 3. The summed E-state index contributed by atoms with van der Waals surface area (Å²) in [7, 11) is 0. The fourth-order valence-corrected chi connectivity index (χ4v) is 9.43. The Bertz CT molecular complexity index is 3400. The van der Waals surface area contributed by atoms with Gasteiger partial charge in [-0.05, 0) is 184 Å². The van der Waals surface area contributed by atoms with E-state index in [-0.39, 0.29) is 0 Å². The van der Waals surface area contributed by atoms with Crippen LogP contribution >= 0.6 is 0 Å². The smallest absolute Gasteiger partial charge is 0.0474 e. The van der Waals surface area contributed by atoms with Crippen LogP contribution in [-0.2, 0) is 0 Å². The Balaban J connectivity index is 1.28. The normalized spacial score (nSPS) is 12.3. The number of nitrogens with zero attached hydrogens (tertiary/aromatic N) is 1. The zero-order valence-electron chi connectivity index (χ0n) is 29.5. The number of hydrogen-bond acceptors (Lipinski definition) is 1. The first-order chi connectivity index (χ1) is 26.1. The predicted octanol–water partition coefficient (Wildman–Crippen LogP) is 15.0. The summed E-state index contributed by atoms with van der Waals surface area (Å²) in [5.41, 5.74) is 5.97. The van der Waals surface area contributed by atoms with Gasteiger partial charge in [-0.25, -0.2) is 0 Å². The average Bonchev–Trinajstić information content (AvgIpc) is 3.67. The Morgan fingerprint density at radius 1 is 0.264 bits per heavy atom. The Labute approximate surface area is 306 Å². The van der Waals surface area contributed by atoms with E-state index in [1.807, 2.05) is 0 Å². The standard InChI is InChI=1S/C52H33N/c1-30-14-18-36(19-15-30)53(37-20-16-31(2)17-21-37)38-26-47-43-24-34-10-5-6-11-35(34)25-44(43)50-28-45-40-13-7-12-39-41-22-32-8-3-4-9-33(32)23-42(41)49(51(39)40)29-46(45)48(27-38)52(47)50/h3-29H,1-2H3. The first-order valence-electron chi connectivity index (χ1n) is 18.6. The maximum Gasteiger partial charge on any atom is 0.0474 e. The van der Waals surface area contributed by atoms with Gasteiger partial charge in [0.1, 0.15) is 0 Å². The highest BCUT2D eigenvalue weighted by Crippen LogP contribution is 2.50. The Kier molecular flexibility index (Phi) is 5.70. The first kappa shape index (κ1) is 28.9. The van der Waals surface area contributed by atoms with Crippen LogP contribution in [0.3, 0.4) is 0 Å². The van der Waals surface area contributed by atoms with Crippen LogP contribution in [0.25, 0.3) is 97.0 Å². The third-order valence-electron chi connectivity index (χ3n) is 11.9. The van der Waals surface area contributed by atoms with E-state index in [0.29, 0.717) is 0 Å². The molecule has 0 aliphatic heterocycles. The van der Waals surface area contributed by atoms with E-state index in [1.54, 1.807) is 0 Å². The molecule has 1 nitrogen and oxygen atoms in total. The van der Waals surface area contributed by atoms with Crippen molar-refractivity contribution in [3.8, 4) is 0 Å². The van der Waals surface area contributed by atoms with Crippen molar-refractivity contribution in [2.45, 2.75) is 13.8 Å². The average molecular weight is 672 g/mol. The molecule has 0 aliphatic rings. The molecule has 0 amide bonds. The fraction of sp³-hybridized carbons (Fsp3) is 0.0385. The summed E-state index contributed by atoms with van der Waals surface area (Å²) in [6.45, 7) is 4.32. The van der Waals surface area contributed by atoms with Gasteiger partial charge in [-0.15, -0.1) is 0 Å². The lowest BCUT2D eigenvalue weighted by Gasteiger charge is -2.26. The molecule has 0 spiro atoms. The largest absolute Gasteiger partial charge is 0.310 e. The van der Waals surface area contributed by atoms with Crippen molar-refractivity contribution in [3.63, 3.8) is 0 Å². The molecule has 0 N–H and O–H groups in total. The van der Waals surface area contributed by atoms with Crippen molar-refractivity contribution < 1.29 is 0 Å². The zero-order valence-corrected chi connectivity index (χ0v) is 29.5. The van der Waals surface area contributed by atoms with E-state index in [2.05, 4.69) is 183 Å². The zero-order chi connectivity index (χ0) is 34.9. The lowest BCUT2D eigenvalue weighted by Crippen LogP contribution is -2.10. The highest BCUT2D eigenvalue weighted by Gasteiger charge is 2.23. The van der Waals surface area contributed by atoms with E-state index in [0.717, 1.165) is 17.1 Å². The molecular weight excluding hydrogens is 639 g/mol. The van der Waals surface area contributed by atoms with Gasteiger partial charge in [0.05, 0.1) is 0 Å². The van der Waals surface area contributed by atoms with E-state index in [4.69, 9.17) is 0 Å². The Morgan fingerprint density at radius 2 is 0.604 bits per heavy atom. The SMILES string of the molecule is Cc1ccc(N(c2ccc(C)cc2)c2cc3c4cc5ccccc5cc4c4cc5c(cc6c7cc8ccccc8cc7c7cccc5c76)c(c2)c34)cc1. The summed E-state index contributed by atoms with van der Waals surface area (Å²) in [5, 5.41) is 23.6. The molecule has 53 heavy (non-hydrogen) atoms. The topological polar surface area (TPSA) is 3.24 Å². The molecule has 0 fully saturated rings. The van der Waals surface area contributed by atoms with E-state index < -0.39 is 0 Å². The number of aryl methyl sites for hydroxylation is 2. The number of hydrogen-bond donors (Lipinski definition) is 0. The first-order valence-corrected chi connectivity index (χ1v) is 18.6. The highest BCUT2D eigenvalue weighted by atomic mass is 15.1. The van der Waals surface area contributed by atoms with Gasteiger partial charge in [0.2, 0.25) is 0 Å². The third-order valence-corrected chi connectivity index (χ3v) is 11.9. The summed E-state index contributed by atoms with van der Waals surface area (Å²) < 4.78 is 0. The van der Waals surface area contributed by atoms with Gasteiger partial charge < -0.3 is 4.90 Å². The molecular formula is C52H33N. The summed E-state index contributed by atoms with van der Waals surface area (Å²) in [5.74, 6) is 0. The van der Waals surface area contributed by atoms with Gasteiger partial charge in [-0.1, -0.05) is 102 Å². The van der Waals surface area contributed by atoms with Crippen molar-refractivity contribution in [1.29, 1.82) is 0 Å². The van der Waals surface area contributed by atoms with Crippen LogP contribution < -0.4 is 4.90 Å². The summed E-state index contributed by atoms with van der Waals surface area (Å²) in [4.78, 5) is 2.44. The van der Waals surface area contributed by atoms with Gasteiger partial charge in [0, 0.05) is 17.1 Å². The Morgan fingerprint density at radius 3 is 1.04 bits per heavy atom. The molecule has 12 rings (SSSR count). The molecule has 12 aromatic rings. The van der Waals surface area contributed by atoms with Crippen molar-refractivity contribution in [2.24, 2.45) is 0 Å². The second-order valence-electron chi connectivity index (χ2n) is 15.1. The van der Waals surface area contributed by atoms with Crippen molar-refractivity contribution in [3.05, 3.63) is 175 Å². The molecule has 0 aromatic heterocycles. The monoisotopic (exact) mass is 671 g/mol. The minimum atomic E-state index is 1.15. The number of anilines is 3. The maximum absolute atomic E-state index is 2.51. The van der Waals surface area contributed by atoms with E-state index in [1.165, 1.54) is 108 Å². The van der Waals surface area contributed by atoms with Gasteiger partial charge in [0.15, 0.2) is 0 Å². The number of benzene rings is 10. The van der Waals surface area contributed by atoms with Gasteiger partial charge in [-0.3, -0.25) is 0 Å².